The van der Waals surface area contributed by atoms with Crippen molar-refractivity contribution in [3.8, 4) is 0 Å². The van der Waals surface area contributed by atoms with Crippen LogP contribution in [-0.4, -0.2) is 21.0 Å². The second-order valence-electron chi connectivity index (χ2n) is 5.86. The van der Waals surface area contributed by atoms with E-state index in [0.717, 1.165) is 15.7 Å². The number of carbonyl (C=O) groups is 1. The molecule has 2 aromatic heterocycles. The van der Waals surface area contributed by atoms with Crippen molar-refractivity contribution in [2.24, 2.45) is 4.99 Å². The van der Waals surface area contributed by atoms with Crippen LogP contribution in [0.4, 0.5) is 5.69 Å². The maximum absolute atomic E-state index is 13.1. The van der Waals surface area contributed by atoms with E-state index in [1.165, 1.54) is 11.8 Å². The first kappa shape index (κ1) is 19.2. The first-order valence-corrected chi connectivity index (χ1v) is 10.7. The van der Waals surface area contributed by atoms with Crippen molar-refractivity contribution in [1.82, 2.24) is 9.88 Å². The second kappa shape index (κ2) is 8.46. The maximum atomic E-state index is 13.1. The molecule has 140 valence electrons. The number of aliphatic imine (C=N–C) groups is 1. The van der Waals surface area contributed by atoms with Gasteiger partial charge in [-0.15, -0.1) is 0 Å². The van der Waals surface area contributed by atoms with Crippen LogP contribution in [0.5, 0.6) is 0 Å². The molecule has 0 atom stereocenters. The summed E-state index contributed by atoms with van der Waals surface area (Å²) in [6.45, 7) is 0.397. The Balaban J connectivity index is 1.70. The molecule has 0 N–H and O–H groups in total. The van der Waals surface area contributed by atoms with Crippen molar-refractivity contribution in [2.45, 2.75) is 6.54 Å². The summed E-state index contributed by atoms with van der Waals surface area (Å²) in [5.41, 5.74) is 1.72. The minimum atomic E-state index is -0.118. The van der Waals surface area contributed by atoms with Crippen molar-refractivity contribution in [3.63, 3.8) is 0 Å². The van der Waals surface area contributed by atoms with E-state index in [2.05, 4.69) is 41.8 Å². The van der Waals surface area contributed by atoms with Crippen LogP contribution >= 0.6 is 43.6 Å². The van der Waals surface area contributed by atoms with Gasteiger partial charge in [-0.25, -0.2) is 4.99 Å². The molecular formula is C20H13Br2N3O2S. The standard InChI is InChI=1S/C20H13Br2N3O2S/c21-16-9-15(27-18(16)22)10-17-19(26)25(12-13-5-4-8-23-11-13)20(28-17)24-14-6-2-1-3-7-14/h1-11H,12H2/b17-10-,24-20?. The molecule has 0 unspecified atom stereocenters. The smallest absolute Gasteiger partial charge is 0.267 e. The summed E-state index contributed by atoms with van der Waals surface area (Å²) in [7, 11) is 0. The normalized spacial score (nSPS) is 17.1. The Kier molecular flexibility index (Phi) is 5.79. The molecule has 1 aromatic carbocycles. The number of aromatic nitrogens is 1. The SMILES string of the molecule is O=C1/C(=C/c2cc(Br)c(Br)o2)SC(=Nc2ccccc2)N1Cc1cccnc1. The van der Waals surface area contributed by atoms with E-state index in [1.54, 1.807) is 23.4 Å². The number of hydrogen-bond donors (Lipinski definition) is 0. The molecule has 4 rings (SSSR count). The van der Waals surface area contributed by atoms with Crippen LogP contribution in [0.25, 0.3) is 6.08 Å². The first-order chi connectivity index (χ1) is 13.6. The van der Waals surface area contributed by atoms with Crippen molar-refractivity contribution < 1.29 is 9.21 Å². The zero-order valence-corrected chi connectivity index (χ0v) is 18.4. The molecule has 1 aliphatic heterocycles. The molecule has 28 heavy (non-hydrogen) atoms. The highest BCUT2D eigenvalue weighted by atomic mass is 79.9. The average Bonchev–Trinajstić information content (AvgIpc) is 3.17. The largest absolute Gasteiger partial charge is 0.449 e. The number of nitrogens with zero attached hydrogens (tertiary/aromatic N) is 3. The quantitative estimate of drug-likeness (QED) is 0.397. The summed E-state index contributed by atoms with van der Waals surface area (Å²) in [4.78, 5) is 24.1. The molecule has 5 nitrogen and oxygen atoms in total. The van der Waals surface area contributed by atoms with Gasteiger partial charge >= 0.3 is 0 Å². The van der Waals surface area contributed by atoms with Crippen molar-refractivity contribution >= 4 is 66.5 Å². The highest BCUT2D eigenvalue weighted by Crippen LogP contribution is 2.36. The molecule has 0 aliphatic carbocycles. The predicted molar refractivity (Wildman–Crippen MR) is 118 cm³/mol. The van der Waals surface area contributed by atoms with Gasteiger partial charge < -0.3 is 4.42 Å². The third-order valence-electron chi connectivity index (χ3n) is 3.87. The summed E-state index contributed by atoms with van der Waals surface area (Å²) in [5, 5.41) is 0.621. The monoisotopic (exact) mass is 517 g/mol. The summed E-state index contributed by atoms with van der Waals surface area (Å²) in [5.74, 6) is 0.462. The van der Waals surface area contributed by atoms with Gasteiger partial charge in [0, 0.05) is 18.5 Å². The molecule has 1 saturated heterocycles. The molecule has 0 spiro atoms. The van der Waals surface area contributed by atoms with Gasteiger partial charge in [-0.1, -0.05) is 24.3 Å². The number of para-hydroxylation sites is 1. The fourth-order valence-electron chi connectivity index (χ4n) is 2.58. The summed E-state index contributed by atoms with van der Waals surface area (Å²) in [6, 6.07) is 15.2. The minimum absolute atomic E-state index is 0.118. The Bertz CT molecular complexity index is 1050. The predicted octanol–water partition coefficient (Wildman–Crippen LogP) is 6.00. The van der Waals surface area contributed by atoms with E-state index in [1.807, 2.05) is 48.5 Å². The Labute approximate surface area is 182 Å². The van der Waals surface area contributed by atoms with E-state index in [-0.39, 0.29) is 5.91 Å². The van der Waals surface area contributed by atoms with Crippen LogP contribution in [-0.2, 0) is 11.3 Å². The number of hydrogen-bond acceptors (Lipinski definition) is 5. The van der Waals surface area contributed by atoms with Crippen molar-refractivity contribution in [3.05, 3.63) is 86.3 Å². The molecule has 0 radical (unpaired) electrons. The Hall–Kier alpha value is -2.16. The highest BCUT2D eigenvalue weighted by Gasteiger charge is 2.34. The molecule has 8 heteroatoms. The number of carbonyl (C=O) groups excluding carboxylic acids is 1. The minimum Gasteiger partial charge on any atom is -0.449 e. The lowest BCUT2D eigenvalue weighted by Crippen LogP contribution is -2.28. The van der Waals surface area contributed by atoms with Crippen LogP contribution in [0.15, 0.2) is 84.4 Å². The zero-order valence-electron chi connectivity index (χ0n) is 14.4. The summed E-state index contributed by atoms with van der Waals surface area (Å²) < 4.78 is 6.97. The average molecular weight is 519 g/mol. The number of halogens is 2. The van der Waals surface area contributed by atoms with Gasteiger partial charge in [-0.2, -0.15) is 0 Å². The fourth-order valence-corrected chi connectivity index (χ4v) is 4.17. The molecule has 3 heterocycles. The van der Waals surface area contributed by atoms with Crippen LogP contribution < -0.4 is 0 Å². The van der Waals surface area contributed by atoms with Gasteiger partial charge in [0.2, 0.25) is 0 Å². The van der Waals surface area contributed by atoms with Gasteiger partial charge in [0.05, 0.1) is 21.6 Å². The number of amides is 1. The van der Waals surface area contributed by atoms with Gasteiger partial charge in [0.1, 0.15) is 5.76 Å². The van der Waals surface area contributed by atoms with Crippen LogP contribution in [0.3, 0.4) is 0 Å². The summed E-state index contributed by atoms with van der Waals surface area (Å²) in [6.07, 6.45) is 5.19. The van der Waals surface area contributed by atoms with Crippen LogP contribution in [0.2, 0.25) is 0 Å². The summed E-state index contributed by atoms with van der Waals surface area (Å²) >= 11 is 8.03. The van der Waals surface area contributed by atoms with E-state index in [0.29, 0.717) is 27.0 Å². The Morgan fingerprint density at radius 2 is 2.00 bits per heavy atom. The number of benzene rings is 1. The third kappa shape index (κ3) is 4.29. The molecule has 3 aromatic rings. The lowest BCUT2D eigenvalue weighted by Gasteiger charge is -2.15. The van der Waals surface area contributed by atoms with Crippen LogP contribution in [0.1, 0.15) is 11.3 Å². The zero-order chi connectivity index (χ0) is 19.5. The number of rotatable bonds is 4. The lowest BCUT2D eigenvalue weighted by molar-refractivity contribution is -0.122. The maximum Gasteiger partial charge on any atom is 0.267 e. The van der Waals surface area contributed by atoms with Crippen molar-refractivity contribution in [1.29, 1.82) is 0 Å². The Morgan fingerprint density at radius 3 is 2.68 bits per heavy atom. The third-order valence-corrected chi connectivity index (χ3v) is 6.59. The number of amidine groups is 1. The number of pyridine rings is 1. The topological polar surface area (TPSA) is 58.7 Å². The molecular weight excluding hydrogens is 506 g/mol. The van der Waals surface area contributed by atoms with Gasteiger partial charge in [0.15, 0.2) is 9.84 Å². The molecule has 0 saturated carbocycles. The van der Waals surface area contributed by atoms with Gasteiger partial charge in [-0.3, -0.25) is 14.7 Å². The molecule has 1 fully saturated rings. The van der Waals surface area contributed by atoms with Crippen LogP contribution in [0, 0.1) is 0 Å². The number of thioether (sulfide) groups is 1. The Morgan fingerprint density at radius 1 is 1.18 bits per heavy atom. The van der Waals surface area contributed by atoms with E-state index in [4.69, 9.17) is 4.42 Å². The molecule has 1 aliphatic rings. The molecule has 1 amide bonds. The number of furan rings is 1. The molecule has 0 bridgehead atoms. The second-order valence-corrected chi connectivity index (χ2v) is 8.45. The highest BCUT2D eigenvalue weighted by molar-refractivity contribution is 9.13. The van der Waals surface area contributed by atoms with Gasteiger partial charge in [-0.05, 0) is 73.5 Å². The lowest BCUT2D eigenvalue weighted by atomic mass is 10.2. The van der Waals surface area contributed by atoms with E-state index in [9.17, 15) is 4.79 Å². The van der Waals surface area contributed by atoms with E-state index < -0.39 is 0 Å². The first-order valence-electron chi connectivity index (χ1n) is 8.29. The van der Waals surface area contributed by atoms with E-state index >= 15 is 0 Å². The van der Waals surface area contributed by atoms with Crippen molar-refractivity contribution in [2.75, 3.05) is 0 Å². The van der Waals surface area contributed by atoms with Gasteiger partial charge in [0.25, 0.3) is 5.91 Å². The fraction of sp³-hybridized carbons (Fsp3) is 0.0500.